The highest BCUT2D eigenvalue weighted by Gasteiger charge is 2.20. The highest BCUT2D eigenvalue weighted by molar-refractivity contribution is 5.74. The van der Waals surface area contributed by atoms with Crippen molar-refractivity contribution in [2.75, 3.05) is 74.1 Å². The molecule has 26 heavy (non-hydrogen) atoms. The van der Waals surface area contributed by atoms with Crippen LogP contribution in [0, 0.1) is 0 Å². The molecule has 2 amide bonds. The van der Waals surface area contributed by atoms with Crippen LogP contribution in [0.5, 0.6) is 11.5 Å². The number of nitrogens with zero attached hydrogens (tertiary/aromatic N) is 3. The lowest BCUT2D eigenvalue weighted by atomic mass is 10.1. The number of methoxy groups -OCH3 is 2. The Hall–Kier alpha value is -1.99. The lowest BCUT2D eigenvalue weighted by Gasteiger charge is -2.34. The quantitative estimate of drug-likeness (QED) is 0.750. The number of nitrogens with one attached hydrogen (secondary N) is 1. The Bertz CT molecular complexity index is 572. The van der Waals surface area contributed by atoms with Crippen LogP contribution in [-0.4, -0.2) is 94.9 Å². The van der Waals surface area contributed by atoms with E-state index in [1.807, 2.05) is 31.1 Å². The Morgan fingerprint density at radius 3 is 2.42 bits per heavy atom. The number of amides is 2. The van der Waals surface area contributed by atoms with Crippen LogP contribution in [0.3, 0.4) is 0 Å². The smallest absolute Gasteiger partial charge is 0.317 e. The van der Waals surface area contributed by atoms with Crippen molar-refractivity contribution in [1.29, 1.82) is 0 Å². The summed E-state index contributed by atoms with van der Waals surface area (Å²) >= 11 is 0. The molecule has 1 fully saturated rings. The third kappa shape index (κ3) is 6.07. The first-order valence-electron chi connectivity index (χ1n) is 9.14. The van der Waals surface area contributed by atoms with Crippen molar-refractivity contribution in [2.24, 2.45) is 0 Å². The highest BCUT2D eigenvalue weighted by Crippen LogP contribution is 2.27. The van der Waals surface area contributed by atoms with Crippen molar-refractivity contribution in [1.82, 2.24) is 20.0 Å². The van der Waals surface area contributed by atoms with Crippen LogP contribution >= 0.6 is 0 Å². The third-order valence-electron chi connectivity index (χ3n) is 4.66. The van der Waals surface area contributed by atoms with Gasteiger partial charge in [-0.2, -0.15) is 0 Å². The molecule has 1 saturated heterocycles. The summed E-state index contributed by atoms with van der Waals surface area (Å²) in [6.07, 6.45) is 0.954. The molecule has 1 aliphatic rings. The Labute approximate surface area is 156 Å². The van der Waals surface area contributed by atoms with Crippen LogP contribution in [0.25, 0.3) is 0 Å². The molecule has 2 rings (SSSR count). The van der Waals surface area contributed by atoms with E-state index in [-0.39, 0.29) is 6.03 Å². The van der Waals surface area contributed by atoms with E-state index in [4.69, 9.17) is 9.47 Å². The van der Waals surface area contributed by atoms with Crippen molar-refractivity contribution in [3.63, 3.8) is 0 Å². The molecule has 1 aromatic rings. The van der Waals surface area contributed by atoms with Crippen molar-refractivity contribution < 1.29 is 14.3 Å². The van der Waals surface area contributed by atoms with E-state index in [2.05, 4.69) is 21.2 Å². The first-order chi connectivity index (χ1) is 12.5. The SMILES string of the molecule is COc1ccc(CCN2CCN(C(=O)NCCN(C)C)CC2)cc1OC. The fourth-order valence-electron chi connectivity index (χ4n) is 3.00. The Kier molecular flexibility index (Phi) is 8.00. The van der Waals surface area contributed by atoms with E-state index in [0.29, 0.717) is 6.54 Å². The van der Waals surface area contributed by atoms with Gasteiger partial charge in [0.05, 0.1) is 14.2 Å². The van der Waals surface area contributed by atoms with Gasteiger partial charge in [0.25, 0.3) is 0 Å². The predicted molar refractivity (Wildman–Crippen MR) is 103 cm³/mol. The van der Waals surface area contributed by atoms with Gasteiger partial charge in [-0.05, 0) is 38.2 Å². The summed E-state index contributed by atoms with van der Waals surface area (Å²) in [6.45, 7) is 5.90. The van der Waals surface area contributed by atoms with Crippen molar-refractivity contribution in [2.45, 2.75) is 6.42 Å². The number of hydrogen-bond donors (Lipinski definition) is 1. The number of hydrogen-bond acceptors (Lipinski definition) is 5. The molecule has 0 spiro atoms. The standard InChI is InChI=1S/C19H32N4O3/c1-21(2)10-8-20-19(24)23-13-11-22(12-14-23)9-7-16-5-6-17(25-3)18(15-16)26-4/h5-6,15H,7-14H2,1-4H3,(H,20,24). The monoisotopic (exact) mass is 364 g/mol. The summed E-state index contributed by atoms with van der Waals surface area (Å²) < 4.78 is 10.6. The molecule has 1 N–H and O–H groups in total. The van der Waals surface area contributed by atoms with Gasteiger partial charge < -0.3 is 24.6 Å². The second-order valence-electron chi connectivity index (χ2n) is 6.80. The number of benzene rings is 1. The molecule has 7 heteroatoms. The molecule has 0 radical (unpaired) electrons. The van der Waals surface area contributed by atoms with Gasteiger partial charge in [0.1, 0.15) is 0 Å². The van der Waals surface area contributed by atoms with Crippen LogP contribution in [0.1, 0.15) is 5.56 Å². The number of urea groups is 1. The maximum atomic E-state index is 12.1. The summed E-state index contributed by atoms with van der Waals surface area (Å²) in [4.78, 5) is 18.5. The van der Waals surface area contributed by atoms with Crippen LogP contribution in [0.2, 0.25) is 0 Å². The van der Waals surface area contributed by atoms with E-state index >= 15 is 0 Å². The van der Waals surface area contributed by atoms with Crippen LogP contribution < -0.4 is 14.8 Å². The lowest BCUT2D eigenvalue weighted by molar-refractivity contribution is 0.139. The molecule has 0 unspecified atom stereocenters. The van der Waals surface area contributed by atoms with Gasteiger partial charge in [0.2, 0.25) is 0 Å². The normalized spacial score (nSPS) is 15.2. The van der Waals surface area contributed by atoms with Crippen molar-refractivity contribution >= 4 is 6.03 Å². The third-order valence-corrected chi connectivity index (χ3v) is 4.66. The molecule has 0 aromatic heterocycles. The minimum atomic E-state index is 0.0476. The number of likely N-dealkylation sites (N-methyl/N-ethyl adjacent to an activating group) is 1. The fourth-order valence-corrected chi connectivity index (χ4v) is 3.00. The van der Waals surface area contributed by atoms with E-state index < -0.39 is 0 Å². The first kappa shape index (κ1) is 20.3. The van der Waals surface area contributed by atoms with Crippen molar-refractivity contribution in [3.05, 3.63) is 23.8 Å². The molecular formula is C19H32N4O3. The summed E-state index contributed by atoms with van der Waals surface area (Å²) in [5.74, 6) is 1.52. The molecule has 1 aromatic carbocycles. The predicted octanol–water partition coefficient (Wildman–Crippen LogP) is 1.14. The molecule has 0 bridgehead atoms. The minimum Gasteiger partial charge on any atom is -0.493 e. The number of ether oxygens (including phenoxy) is 2. The molecule has 1 heterocycles. The molecule has 146 valence electrons. The van der Waals surface area contributed by atoms with Gasteiger partial charge >= 0.3 is 6.03 Å². The molecule has 7 nitrogen and oxygen atoms in total. The van der Waals surface area contributed by atoms with E-state index in [1.165, 1.54) is 5.56 Å². The van der Waals surface area contributed by atoms with Gasteiger partial charge in [-0.25, -0.2) is 4.79 Å². The molecule has 0 atom stereocenters. The van der Waals surface area contributed by atoms with Crippen LogP contribution in [-0.2, 0) is 6.42 Å². The summed E-state index contributed by atoms with van der Waals surface area (Å²) in [5, 5.41) is 2.98. The van der Waals surface area contributed by atoms with Gasteiger partial charge in [0, 0.05) is 45.8 Å². The maximum Gasteiger partial charge on any atom is 0.317 e. The van der Waals surface area contributed by atoms with Gasteiger partial charge in [0.15, 0.2) is 11.5 Å². The highest BCUT2D eigenvalue weighted by atomic mass is 16.5. The first-order valence-corrected chi connectivity index (χ1v) is 9.14. The van der Waals surface area contributed by atoms with E-state index in [0.717, 1.165) is 57.2 Å². The number of carbonyl (C=O) groups excluding carboxylic acids is 1. The number of piperazine rings is 1. The van der Waals surface area contributed by atoms with Crippen LogP contribution in [0.4, 0.5) is 4.79 Å². The zero-order valence-corrected chi connectivity index (χ0v) is 16.5. The second kappa shape index (κ2) is 10.2. The summed E-state index contributed by atoms with van der Waals surface area (Å²) in [7, 11) is 7.31. The molecular weight excluding hydrogens is 332 g/mol. The summed E-state index contributed by atoms with van der Waals surface area (Å²) in [6, 6.07) is 6.11. The molecule has 0 aliphatic carbocycles. The average Bonchev–Trinajstić information content (AvgIpc) is 2.66. The molecule has 0 saturated carbocycles. The van der Waals surface area contributed by atoms with E-state index in [9.17, 15) is 4.79 Å². The summed E-state index contributed by atoms with van der Waals surface area (Å²) in [5.41, 5.74) is 1.23. The van der Waals surface area contributed by atoms with E-state index in [1.54, 1.807) is 14.2 Å². The number of rotatable bonds is 8. The largest absolute Gasteiger partial charge is 0.493 e. The second-order valence-corrected chi connectivity index (χ2v) is 6.80. The lowest BCUT2D eigenvalue weighted by Crippen LogP contribution is -2.52. The average molecular weight is 364 g/mol. The van der Waals surface area contributed by atoms with Crippen molar-refractivity contribution in [3.8, 4) is 11.5 Å². The molecule has 1 aliphatic heterocycles. The van der Waals surface area contributed by atoms with Gasteiger partial charge in [-0.15, -0.1) is 0 Å². The zero-order chi connectivity index (χ0) is 18.9. The zero-order valence-electron chi connectivity index (χ0n) is 16.5. The maximum absolute atomic E-state index is 12.1. The fraction of sp³-hybridized carbons (Fsp3) is 0.632. The Morgan fingerprint density at radius 2 is 1.81 bits per heavy atom. The van der Waals surface area contributed by atoms with Crippen LogP contribution in [0.15, 0.2) is 18.2 Å². The minimum absolute atomic E-state index is 0.0476. The van der Waals surface area contributed by atoms with Gasteiger partial charge in [-0.3, -0.25) is 4.90 Å². The Balaban J connectivity index is 1.72. The topological polar surface area (TPSA) is 57.3 Å². The number of carbonyl (C=O) groups is 1. The van der Waals surface area contributed by atoms with Gasteiger partial charge in [-0.1, -0.05) is 6.07 Å². The Morgan fingerprint density at radius 1 is 1.12 bits per heavy atom.